The first-order chi connectivity index (χ1) is 8.99. The van der Waals surface area contributed by atoms with Crippen molar-refractivity contribution < 1.29 is 19.1 Å². The second-order valence-corrected chi connectivity index (χ2v) is 5.02. The van der Waals surface area contributed by atoms with Crippen LogP contribution in [0.5, 0.6) is 0 Å². The lowest BCUT2D eigenvalue weighted by molar-refractivity contribution is -0.142. The summed E-state index contributed by atoms with van der Waals surface area (Å²) in [6.07, 6.45) is 1.87. The highest BCUT2D eigenvalue weighted by Crippen LogP contribution is 2.26. The van der Waals surface area contributed by atoms with E-state index in [2.05, 4.69) is 5.32 Å². The lowest BCUT2D eigenvalue weighted by atomic mass is 10.0. The number of carbonyl (C=O) groups excluding carboxylic acids is 1. The minimum absolute atomic E-state index is 0.125. The predicted octanol–water partition coefficient (Wildman–Crippen LogP) is 2.46. The Labute approximate surface area is 114 Å². The zero-order chi connectivity index (χ0) is 14.0. The number of aliphatic carboxylic acids is 1. The SMILES string of the molecule is O=C(N[C@H]1CCC[C@H]1C(=O)O)c1ccc(Cl)cc1F. The van der Waals surface area contributed by atoms with Gasteiger partial charge in [-0.2, -0.15) is 0 Å². The highest BCUT2D eigenvalue weighted by Gasteiger charge is 2.34. The van der Waals surface area contributed by atoms with Crippen LogP contribution in [0.2, 0.25) is 5.02 Å². The number of hydrogen-bond donors (Lipinski definition) is 2. The quantitative estimate of drug-likeness (QED) is 0.896. The van der Waals surface area contributed by atoms with Gasteiger partial charge in [0.1, 0.15) is 5.82 Å². The fourth-order valence-electron chi connectivity index (χ4n) is 2.35. The molecule has 0 unspecified atom stereocenters. The Balaban J connectivity index is 2.10. The number of rotatable bonds is 3. The number of benzene rings is 1. The first-order valence-electron chi connectivity index (χ1n) is 5.98. The van der Waals surface area contributed by atoms with E-state index in [0.717, 1.165) is 12.5 Å². The molecule has 2 rings (SSSR count). The van der Waals surface area contributed by atoms with Crippen LogP contribution < -0.4 is 5.32 Å². The zero-order valence-corrected chi connectivity index (χ0v) is 10.8. The van der Waals surface area contributed by atoms with Gasteiger partial charge >= 0.3 is 5.97 Å². The van der Waals surface area contributed by atoms with E-state index in [4.69, 9.17) is 16.7 Å². The molecule has 2 atom stereocenters. The summed E-state index contributed by atoms with van der Waals surface area (Å²) in [4.78, 5) is 22.9. The van der Waals surface area contributed by atoms with E-state index < -0.39 is 29.7 Å². The van der Waals surface area contributed by atoms with Gasteiger partial charge in [-0.05, 0) is 31.0 Å². The van der Waals surface area contributed by atoms with Crippen molar-refractivity contribution in [2.75, 3.05) is 0 Å². The molecular formula is C13H13ClFNO3. The number of halogens is 2. The summed E-state index contributed by atoms with van der Waals surface area (Å²) in [5.41, 5.74) is -0.125. The number of amides is 1. The molecule has 0 heterocycles. The van der Waals surface area contributed by atoms with Gasteiger partial charge in [0.2, 0.25) is 0 Å². The Kier molecular flexibility index (Phi) is 4.04. The Morgan fingerprint density at radius 3 is 2.74 bits per heavy atom. The summed E-state index contributed by atoms with van der Waals surface area (Å²) < 4.78 is 13.6. The van der Waals surface area contributed by atoms with Gasteiger partial charge in [-0.3, -0.25) is 9.59 Å². The monoisotopic (exact) mass is 285 g/mol. The van der Waals surface area contributed by atoms with Crippen molar-refractivity contribution in [2.45, 2.75) is 25.3 Å². The van der Waals surface area contributed by atoms with Crippen LogP contribution in [0.4, 0.5) is 4.39 Å². The highest BCUT2D eigenvalue weighted by molar-refractivity contribution is 6.30. The van der Waals surface area contributed by atoms with Gasteiger partial charge in [-0.15, -0.1) is 0 Å². The van der Waals surface area contributed by atoms with Crippen LogP contribution in [-0.4, -0.2) is 23.0 Å². The molecule has 1 aromatic rings. The van der Waals surface area contributed by atoms with E-state index in [9.17, 15) is 14.0 Å². The van der Waals surface area contributed by atoms with E-state index in [-0.39, 0.29) is 10.6 Å². The van der Waals surface area contributed by atoms with Crippen LogP contribution in [0.15, 0.2) is 18.2 Å². The fraction of sp³-hybridized carbons (Fsp3) is 0.385. The minimum Gasteiger partial charge on any atom is -0.481 e. The molecule has 1 aliphatic carbocycles. The van der Waals surface area contributed by atoms with Crippen molar-refractivity contribution in [3.05, 3.63) is 34.6 Å². The van der Waals surface area contributed by atoms with Crippen molar-refractivity contribution >= 4 is 23.5 Å². The molecule has 1 fully saturated rings. The summed E-state index contributed by atoms with van der Waals surface area (Å²) >= 11 is 5.61. The summed E-state index contributed by atoms with van der Waals surface area (Å²) in [7, 11) is 0. The second kappa shape index (κ2) is 5.57. The molecular weight excluding hydrogens is 273 g/mol. The molecule has 6 heteroatoms. The van der Waals surface area contributed by atoms with Crippen molar-refractivity contribution in [3.8, 4) is 0 Å². The van der Waals surface area contributed by atoms with E-state index in [1.165, 1.54) is 12.1 Å². The molecule has 0 saturated heterocycles. The van der Waals surface area contributed by atoms with Gasteiger partial charge < -0.3 is 10.4 Å². The molecule has 19 heavy (non-hydrogen) atoms. The molecule has 2 N–H and O–H groups in total. The summed E-state index contributed by atoms with van der Waals surface area (Å²) in [6, 6.07) is 3.32. The van der Waals surface area contributed by atoms with Gasteiger partial charge in [0.15, 0.2) is 0 Å². The average Bonchev–Trinajstić information content (AvgIpc) is 2.76. The molecule has 0 spiro atoms. The number of nitrogens with one attached hydrogen (secondary N) is 1. The van der Waals surface area contributed by atoms with Gasteiger partial charge in [0, 0.05) is 11.1 Å². The van der Waals surface area contributed by atoms with Crippen molar-refractivity contribution in [2.24, 2.45) is 5.92 Å². The van der Waals surface area contributed by atoms with Gasteiger partial charge in [-0.1, -0.05) is 18.0 Å². The lowest BCUT2D eigenvalue weighted by Crippen LogP contribution is -2.40. The summed E-state index contributed by atoms with van der Waals surface area (Å²) in [5.74, 6) is -2.85. The first kappa shape index (κ1) is 13.8. The van der Waals surface area contributed by atoms with E-state index in [0.29, 0.717) is 12.8 Å². The van der Waals surface area contributed by atoms with Crippen LogP contribution in [0.1, 0.15) is 29.6 Å². The maximum absolute atomic E-state index is 13.6. The van der Waals surface area contributed by atoms with Gasteiger partial charge in [0.05, 0.1) is 11.5 Å². The molecule has 102 valence electrons. The van der Waals surface area contributed by atoms with E-state index in [1.807, 2.05) is 0 Å². The zero-order valence-electron chi connectivity index (χ0n) is 10.0. The molecule has 4 nitrogen and oxygen atoms in total. The molecule has 0 radical (unpaired) electrons. The Morgan fingerprint density at radius 2 is 2.11 bits per heavy atom. The van der Waals surface area contributed by atoms with Crippen LogP contribution in [0, 0.1) is 11.7 Å². The third kappa shape index (κ3) is 3.04. The van der Waals surface area contributed by atoms with Crippen molar-refractivity contribution in [1.82, 2.24) is 5.32 Å². The smallest absolute Gasteiger partial charge is 0.308 e. The highest BCUT2D eigenvalue weighted by atomic mass is 35.5. The molecule has 1 amide bonds. The third-order valence-electron chi connectivity index (χ3n) is 3.33. The summed E-state index contributed by atoms with van der Waals surface area (Å²) in [6.45, 7) is 0. The topological polar surface area (TPSA) is 66.4 Å². The molecule has 1 aliphatic rings. The van der Waals surface area contributed by atoms with Crippen molar-refractivity contribution in [1.29, 1.82) is 0 Å². The van der Waals surface area contributed by atoms with Crippen LogP contribution in [0.25, 0.3) is 0 Å². The predicted molar refractivity (Wildman–Crippen MR) is 67.6 cm³/mol. The standard InChI is InChI=1S/C13H13ClFNO3/c14-7-4-5-8(10(15)6-7)12(17)16-11-3-1-2-9(11)13(18)19/h4-6,9,11H,1-3H2,(H,16,17)(H,18,19)/t9-,11+/m1/s1. The minimum atomic E-state index is -0.931. The molecule has 1 aromatic carbocycles. The van der Waals surface area contributed by atoms with Gasteiger partial charge in [-0.25, -0.2) is 4.39 Å². The Bertz CT molecular complexity index is 521. The molecule has 0 bridgehead atoms. The lowest BCUT2D eigenvalue weighted by Gasteiger charge is -2.17. The maximum atomic E-state index is 13.6. The van der Waals surface area contributed by atoms with Gasteiger partial charge in [0.25, 0.3) is 5.91 Å². The fourth-order valence-corrected chi connectivity index (χ4v) is 2.51. The normalized spacial score (nSPS) is 22.2. The average molecular weight is 286 g/mol. The molecule has 0 aromatic heterocycles. The maximum Gasteiger partial charge on any atom is 0.308 e. The van der Waals surface area contributed by atoms with Crippen LogP contribution in [0.3, 0.4) is 0 Å². The third-order valence-corrected chi connectivity index (χ3v) is 3.56. The van der Waals surface area contributed by atoms with Crippen LogP contribution in [-0.2, 0) is 4.79 Å². The van der Waals surface area contributed by atoms with Crippen LogP contribution >= 0.6 is 11.6 Å². The van der Waals surface area contributed by atoms with E-state index in [1.54, 1.807) is 0 Å². The number of carboxylic acid groups (broad SMARTS) is 1. The Morgan fingerprint density at radius 1 is 1.37 bits per heavy atom. The number of hydrogen-bond acceptors (Lipinski definition) is 2. The number of carboxylic acids is 1. The van der Waals surface area contributed by atoms with E-state index >= 15 is 0 Å². The molecule has 0 aliphatic heterocycles. The molecule has 1 saturated carbocycles. The largest absolute Gasteiger partial charge is 0.481 e. The summed E-state index contributed by atoms with van der Waals surface area (Å²) in [5, 5.41) is 11.8. The first-order valence-corrected chi connectivity index (χ1v) is 6.35. The Hall–Kier alpha value is -1.62. The second-order valence-electron chi connectivity index (χ2n) is 4.58. The van der Waals surface area contributed by atoms with Crippen molar-refractivity contribution in [3.63, 3.8) is 0 Å². The number of carbonyl (C=O) groups is 2.